The summed E-state index contributed by atoms with van der Waals surface area (Å²) < 4.78 is 0.972. The Hall–Kier alpha value is -1.26. The summed E-state index contributed by atoms with van der Waals surface area (Å²) in [5, 5.41) is 3.05. The lowest BCUT2D eigenvalue weighted by Gasteiger charge is -2.13. The highest BCUT2D eigenvalue weighted by molar-refractivity contribution is 9.10. The van der Waals surface area contributed by atoms with Gasteiger partial charge in [0.1, 0.15) is 0 Å². The molecule has 0 saturated heterocycles. The molecule has 0 aliphatic carbocycles. The number of thioether (sulfide) groups is 1. The van der Waals surface area contributed by atoms with Crippen LogP contribution in [0, 0.1) is 6.92 Å². The molecule has 102 valence electrons. The van der Waals surface area contributed by atoms with E-state index in [-0.39, 0.29) is 11.8 Å². The minimum absolute atomic E-state index is 0.0606. The van der Waals surface area contributed by atoms with Gasteiger partial charge in [-0.1, -0.05) is 40.2 Å². The van der Waals surface area contributed by atoms with Crippen molar-refractivity contribution >= 4 is 39.3 Å². The minimum Gasteiger partial charge on any atom is -0.325 e. The summed E-state index contributed by atoms with van der Waals surface area (Å²) in [7, 11) is 0. The third kappa shape index (κ3) is 2.63. The van der Waals surface area contributed by atoms with Gasteiger partial charge in [-0.3, -0.25) is 4.79 Å². The molecule has 1 aliphatic heterocycles. The molecule has 2 nitrogen and oxygen atoms in total. The molecule has 0 aromatic heterocycles. The fourth-order valence-corrected chi connectivity index (χ4v) is 3.92. The standard InChI is InChI=1S/C16H14BrNOS/c1-10-6-7-11(17)8-14(10)18-16(19)13-9-20-15-5-3-2-4-12(13)15/h2-8,13H,9H2,1H3,(H,18,19). The van der Waals surface area contributed by atoms with Gasteiger partial charge in [-0.05, 0) is 36.2 Å². The highest BCUT2D eigenvalue weighted by Crippen LogP contribution is 2.39. The third-order valence-electron chi connectivity index (χ3n) is 3.47. The zero-order valence-corrected chi connectivity index (χ0v) is 13.4. The molecule has 2 aromatic carbocycles. The maximum Gasteiger partial charge on any atom is 0.232 e. The van der Waals surface area contributed by atoms with E-state index in [0.717, 1.165) is 27.0 Å². The van der Waals surface area contributed by atoms with Crippen LogP contribution in [0.3, 0.4) is 0 Å². The van der Waals surface area contributed by atoms with Gasteiger partial charge in [0.15, 0.2) is 0 Å². The molecular formula is C16H14BrNOS. The van der Waals surface area contributed by atoms with Gasteiger partial charge in [0.2, 0.25) is 5.91 Å². The maximum absolute atomic E-state index is 12.5. The lowest BCUT2D eigenvalue weighted by Crippen LogP contribution is -2.21. The normalized spacial score (nSPS) is 16.8. The smallest absolute Gasteiger partial charge is 0.232 e. The van der Waals surface area contributed by atoms with E-state index >= 15 is 0 Å². The van der Waals surface area contributed by atoms with E-state index in [1.54, 1.807) is 11.8 Å². The summed E-state index contributed by atoms with van der Waals surface area (Å²) in [6.07, 6.45) is 0. The number of amides is 1. The summed E-state index contributed by atoms with van der Waals surface area (Å²) >= 11 is 5.19. The quantitative estimate of drug-likeness (QED) is 0.860. The molecule has 0 radical (unpaired) electrons. The lowest BCUT2D eigenvalue weighted by molar-refractivity contribution is -0.117. The Labute approximate surface area is 131 Å². The van der Waals surface area contributed by atoms with Crippen molar-refractivity contribution in [2.75, 3.05) is 11.1 Å². The molecule has 3 rings (SSSR count). The molecular weight excluding hydrogens is 334 g/mol. The van der Waals surface area contributed by atoms with Gasteiger partial charge >= 0.3 is 0 Å². The van der Waals surface area contributed by atoms with Crippen LogP contribution < -0.4 is 5.32 Å². The van der Waals surface area contributed by atoms with Crippen LogP contribution in [0.2, 0.25) is 0 Å². The molecule has 0 fully saturated rings. The predicted molar refractivity (Wildman–Crippen MR) is 87.4 cm³/mol. The molecule has 20 heavy (non-hydrogen) atoms. The summed E-state index contributed by atoms with van der Waals surface area (Å²) in [6, 6.07) is 14.1. The fraction of sp³-hybridized carbons (Fsp3) is 0.188. The van der Waals surface area contributed by atoms with E-state index in [4.69, 9.17) is 0 Å². The van der Waals surface area contributed by atoms with Gasteiger partial charge in [-0.2, -0.15) is 0 Å². The second-order valence-electron chi connectivity index (χ2n) is 4.85. The number of halogens is 1. The van der Waals surface area contributed by atoms with E-state index in [0.29, 0.717) is 0 Å². The molecule has 1 aliphatic rings. The first kappa shape index (κ1) is 13.7. The van der Waals surface area contributed by atoms with E-state index in [2.05, 4.69) is 27.3 Å². The Bertz CT molecular complexity index is 671. The van der Waals surface area contributed by atoms with Gasteiger partial charge in [0, 0.05) is 20.8 Å². The van der Waals surface area contributed by atoms with Gasteiger partial charge in [-0.25, -0.2) is 0 Å². The van der Waals surface area contributed by atoms with Gasteiger partial charge in [-0.15, -0.1) is 11.8 Å². The highest BCUT2D eigenvalue weighted by atomic mass is 79.9. The number of benzene rings is 2. The first-order valence-corrected chi connectivity index (χ1v) is 8.22. The largest absolute Gasteiger partial charge is 0.325 e. The molecule has 0 bridgehead atoms. The Morgan fingerprint density at radius 2 is 2.10 bits per heavy atom. The van der Waals surface area contributed by atoms with Crippen LogP contribution in [0.15, 0.2) is 51.8 Å². The van der Waals surface area contributed by atoms with Crippen molar-refractivity contribution in [2.24, 2.45) is 0 Å². The SMILES string of the molecule is Cc1ccc(Br)cc1NC(=O)C1CSc2ccccc21. The monoisotopic (exact) mass is 347 g/mol. The van der Waals surface area contributed by atoms with Crippen LogP contribution in [0.5, 0.6) is 0 Å². The van der Waals surface area contributed by atoms with E-state index in [1.165, 1.54) is 4.90 Å². The van der Waals surface area contributed by atoms with Crippen molar-refractivity contribution in [2.45, 2.75) is 17.7 Å². The number of carbonyl (C=O) groups excluding carboxylic acids is 1. The minimum atomic E-state index is -0.0606. The number of nitrogens with one attached hydrogen (secondary N) is 1. The number of hydrogen-bond donors (Lipinski definition) is 1. The number of rotatable bonds is 2. The van der Waals surface area contributed by atoms with Crippen LogP contribution in [-0.4, -0.2) is 11.7 Å². The second kappa shape index (κ2) is 5.62. The van der Waals surface area contributed by atoms with Crippen LogP contribution in [0.25, 0.3) is 0 Å². The van der Waals surface area contributed by atoms with E-state index in [9.17, 15) is 4.79 Å². The molecule has 2 aromatic rings. The third-order valence-corrected chi connectivity index (χ3v) is 5.15. The molecule has 1 amide bonds. The summed E-state index contributed by atoms with van der Waals surface area (Å²) in [5.41, 5.74) is 3.09. The number of aryl methyl sites for hydroxylation is 1. The average Bonchev–Trinajstić information content (AvgIpc) is 2.87. The van der Waals surface area contributed by atoms with Crippen molar-refractivity contribution in [1.29, 1.82) is 0 Å². The molecule has 1 N–H and O–H groups in total. The van der Waals surface area contributed by atoms with Crippen LogP contribution in [0.4, 0.5) is 5.69 Å². The molecule has 0 saturated carbocycles. The van der Waals surface area contributed by atoms with Crippen molar-refractivity contribution in [3.63, 3.8) is 0 Å². The highest BCUT2D eigenvalue weighted by Gasteiger charge is 2.29. The first-order chi connectivity index (χ1) is 9.65. The summed E-state index contributed by atoms with van der Waals surface area (Å²) in [5.74, 6) is 0.830. The number of carbonyl (C=O) groups is 1. The van der Waals surface area contributed by atoms with E-state index < -0.39 is 0 Å². The fourth-order valence-electron chi connectivity index (χ4n) is 2.33. The van der Waals surface area contributed by atoms with Crippen molar-refractivity contribution < 1.29 is 4.79 Å². The molecule has 1 unspecified atom stereocenters. The summed E-state index contributed by atoms with van der Waals surface area (Å²) in [4.78, 5) is 13.7. The number of anilines is 1. The van der Waals surface area contributed by atoms with Gasteiger partial charge in [0.05, 0.1) is 5.92 Å². The number of hydrogen-bond acceptors (Lipinski definition) is 2. The van der Waals surface area contributed by atoms with Gasteiger partial charge < -0.3 is 5.32 Å². The Morgan fingerprint density at radius 1 is 1.30 bits per heavy atom. The zero-order valence-electron chi connectivity index (χ0n) is 11.0. The van der Waals surface area contributed by atoms with Crippen molar-refractivity contribution in [1.82, 2.24) is 0 Å². The molecule has 0 spiro atoms. The first-order valence-electron chi connectivity index (χ1n) is 6.44. The summed E-state index contributed by atoms with van der Waals surface area (Å²) in [6.45, 7) is 2.00. The molecule has 1 atom stereocenters. The Balaban J connectivity index is 1.83. The molecule has 1 heterocycles. The van der Waals surface area contributed by atoms with Crippen LogP contribution >= 0.6 is 27.7 Å². The topological polar surface area (TPSA) is 29.1 Å². The van der Waals surface area contributed by atoms with Crippen molar-refractivity contribution in [3.8, 4) is 0 Å². The van der Waals surface area contributed by atoms with Crippen LogP contribution in [-0.2, 0) is 4.79 Å². The Kier molecular flexibility index (Phi) is 3.85. The molecule has 4 heteroatoms. The Morgan fingerprint density at radius 3 is 2.95 bits per heavy atom. The average molecular weight is 348 g/mol. The lowest BCUT2D eigenvalue weighted by atomic mass is 10.0. The van der Waals surface area contributed by atoms with Gasteiger partial charge in [0.25, 0.3) is 0 Å². The predicted octanol–water partition coefficient (Wildman–Crippen LogP) is 4.59. The van der Waals surface area contributed by atoms with Crippen molar-refractivity contribution in [3.05, 3.63) is 58.1 Å². The maximum atomic E-state index is 12.5. The number of fused-ring (bicyclic) bond motifs is 1. The van der Waals surface area contributed by atoms with E-state index in [1.807, 2.05) is 43.3 Å². The zero-order chi connectivity index (χ0) is 14.1. The second-order valence-corrected chi connectivity index (χ2v) is 6.83. The van der Waals surface area contributed by atoms with Crippen LogP contribution in [0.1, 0.15) is 17.0 Å².